The molecule has 0 aromatic rings. The van der Waals surface area contributed by atoms with Crippen LogP contribution >= 0.6 is 0 Å². The molecule has 2 aliphatic carbocycles. The SMILES string of the molecule is CC1CCC(CC2CCC(OC#N)CC2)CC1.N#COCCCCCCN=C=O. The fourth-order valence-electron chi connectivity index (χ4n) is 4.41. The zero-order valence-corrected chi connectivity index (χ0v) is 18.0. The molecule has 0 spiro atoms. The van der Waals surface area contributed by atoms with E-state index in [1.54, 1.807) is 6.26 Å². The van der Waals surface area contributed by atoms with Gasteiger partial charge in [0.15, 0.2) is 0 Å². The highest BCUT2D eigenvalue weighted by Crippen LogP contribution is 2.37. The molecule has 0 aromatic heterocycles. The molecule has 0 aromatic carbocycles. The van der Waals surface area contributed by atoms with Crippen LogP contribution in [-0.4, -0.2) is 25.3 Å². The second-order valence-corrected chi connectivity index (χ2v) is 8.54. The van der Waals surface area contributed by atoms with Gasteiger partial charge in [-0.05, 0) is 69.1 Å². The molecule has 2 fully saturated rings. The van der Waals surface area contributed by atoms with Crippen LogP contribution in [0.4, 0.5) is 0 Å². The third-order valence-corrected chi connectivity index (χ3v) is 6.21. The van der Waals surface area contributed by atoms with Crippen molar-refractivity contribution >= 4 is 6.08 Å². The topological polar surface area (TPSA) is 95.5 Å². The van der Waals surface area contributed by atoms with Crippen LogP contribution in [0, 0.1) is 40.8 Å². The van der Waals surface area contributed by atoms with Gasteiger partial charge in [-0.1, -0.05) is 39.0 Å². The van der Waals surface area contributed by atoms with E-state index in [9.17, 15) is 4.79 Å². The summed E-state index contributed by atoms with van der Waals surface area (Å²) in [5.74, 6) is 2.86. The fourth-order valence-corrected chi connectivity index (χ4v) is 4.41. The second-order valence-electron chi connectivity index (χ2n) is 8.54. The van der Waals surface area contributed by atoms with Crippen LogP contribution in [0.15, 0.2) is 4.99 Å². The molecule has 2 rings (SSSR count). The van der Waals surface area contributed by atoms with Gasteiger partial charge in [0.1, 0.15) is 12.7 Å². The molecule has 29 heavy (non-hydrogen) atoms. The van der Waals surface area contributed by atoms with Crippen LogP contribution in [0.25, 0.3) is 0 Å². The Morgan fingerprint density at radius 3 is 2.07 bits per heavy atom. The van der Waals surface area contributed by atoms with Crippen molar-refractivity contribution in [3.63, 3.8) is 0 Å². The van der Waals surface area contributed by atoms with Gasteiger partial charge < -0.3 is 9.47 Å². The van der Waals surface area contributed by atoms with Crippen LogP contribution in [0.1, 0.15) is 90.4 Å². The fraction of sp³-hybridized carbons (Fsp3) is 0.870. The highest BCUT2D eigenvalue weighted by molar-refractivity contribution is 5.32. The summed E-state index contributed by atoms with van der Waals surface area (Å²) >= 11 is 0. The van der Waals surface area contributed by atoms with Crippen LogP contribution < -0.4 is 0 Å². The standard InChI is InChI=1S/C15H25NO.C8H12N2O2/c1-12-2-4-13(5-3-12)10-14-6-8-15(9-7-14)17-11-16;9-7-12-6-4-2-1-3-5-10-8-11/h12-15H,2-10H2,1H3;1-6H2. The van der Waals surface area contributed by atoms with Gasteiger partial charge in [-0.25, -0.2) is 9.79 Å². The van der Waals surface area contributed by atoms with Crippen molar-refractivity contribution in [3.05, 3.63) is 0 Å². The van der Waals surface area contributed by atoms with E-state index in [2.05, 4.69) is 16.7 Å². The van der Waals surface area contributed by atoms with Crippen molar-refractivity contribution in [1.82, 2.24) is 0 Å². The minimum Gasteiger partial charge on any atom is -0.428 e. The van der Waals surface area contributed by atoms with Crippen molar-refractivity contribution < 1.29 is 14.3 Å². The number of carbonyl (C=O) groups excluding carboxylic acids is 1. The first-order valence-corrected chi connectivity index (χ1v) is 11.3. The Morgan fingerprint density at radius 1 is 0.862 bits per heavy atom. The summed E-state index contributed by atoms with van der Waals surface area (Å²) in [7, 11) is 0. The number of nitriles is 2. The number of nitrogens with zero attached hydrogens (tertiary/aromatic N) is 3. The van der Waals surface area contributed by atoms with E-state index in [4.69, 9.17) is 15.3 Å². The molecule has 0 radical (unpaired) electrons. The first-order chi connectivity index (χ1) is 14.2. The number of ether oxygens (including phenoxy) is 2. The molecule has 2 saturated carbocycles. The van der Waals surface area contributed by atoms with E-state index in [0.29, 0.717) is 13.2 Å². The second kappa shape index (κ2) is 16.9. The zero-order valence-electron chi connectivity index (χ0n) is 18.0. The quantitative estimate of drug-likeness (QED) is 0.203. The molecule has 2 aliphatic rings. The van der Waals surface area contributed by atoms with Gasteiger partial charge in [0.25, 0.3) is 12.5 Å². The lowest BCUT2D eigenvalue weighted by Gasteiger charge is -2.32. The highest BCUT2D eigenvalue weighted by atomic mass is 16.5. The van der Waals surface area contributed by atoms with Crippen LogP contribution in [-0.2, 0) is 14.3 Å². The van der Waals surface area contributed by atoms with Gasteiger partial charge in [0.05, 0.1) is 6.54 Å². The first-order valence-electron chi connectivity index (χ1n) is 11.3. The van der Waals surface area contributed by atoms with E-state index in [1.165, 1.54) is 51.0 Å². The third-order valence-electron chi connectivity index (χ3n) is 6.21. The Balaban J connectivity index is 0.000000311. The van der Waals surface area contributed by atoms with E-state index < -0.39 is 0 Å². The smallest absolute Gasteiger partial charge is 0.286 e. The average molecular weight is 404 g/mol. The summed E-state index contributed by atoms with van der Waals surface area (Å²) in [5.41, 5.74) is 0. The number of hydrogen-bond donors (Lipinski definition) is 0. The molecule has 0 aliphatic heterocycles. The van der Waals surface area contributed by atoms with Gasteiger partial charge in [0, 0.05) is 0 Å². The molecular formula is C23H37N3O3. The monoisotopic (exact) mass is 403 g/mol. The van der Waals surface area contributed by atoms with Crippen LogP contribution in [0.5, 0.6) is 0 Å². The summed E-state index contributed by atoms with van der Waals surface area (Å²) < 4.78 is 9.52. The lowest BCUT2D eigenvalue weighted by atomic mass is 9.75. The van der Waals surface area contributed by atoms with Crippen LogP contribution in [0.3, 0.4) is 0 Å². The maximum atomic E-state index is 9.63. The Kier molecular flexibility index (Phi) is 14.5. The van der Waals surface area contributed by atoms with Crippen LogP contribution in [0.2, 0.25) is 0 Å². The maximum absolute atomic E-state index is 9.63. The molecule has 0 saturated heterocycles. The Hall–Kier alpha value is -2.04. The molecule has 0 heterocycles. The number of hydrogen-bond acceptors (Lipinski definition) is 6. The Bertz CT molecular complexity index is 533. The minimum atomic E-state index is 0.225. The summed E-state index contributed by atoms with van der Waals surface area (Å²) in [6, 6.07) is 0. The van der Waals surface area contributed by atoms with E-state index in [1.807, 2.05) is 6.26 Å². The highest BCUT2D eigenvalue weighted by Gasteiger charge is 2.26. The molecule has 0 atom stereocenters. The van der Waals surface area contributed by atoms with Crippen molar-refractivity contribution in [1.29, 1.82) is 10.5 Å². The first kappa shape index (κ1) is 25.0. The average Bonchev–Trinajstić information content (AvgIpc) is 2.74. The summed E-state index contributed by atoms with van der Waals surface area (Å²) in [6.07, 6.45) is 21.0. The van der Waals surface area contributed by atoms with Gasteiger partial charge >= 0.3 is 0 Å². The van der Waals surface area contributed by atoms with Crippen molar-refractivity contribution in [2.24, 2.45) is 22.7 Å². The normalized spacial score (nSPS) is 25.9. The molecule has 6 nitrogen and oxygen atoms in total. The Labute approximate surface area is 176 Å². The Morgan fingerprint density at radius 2 is 1.48 bits per heavy atom. The predicted octanol–water partition coefficient (Wildman–Crippen LogP) is 5.64. The molecule has 162 valence electrons. The van der Waals surface area contributed by atoms with Gasteiger partial charge in [-0.15, -0.1) is 0 Å². The van der Waals surface area contributed by atoms with E-state index in [0.717, 1.165) is 56.3 Å². The zero-order chi connectivity index (χ0) is 21.2. The largest absolute Gasteiger partial charge is 0.428 e. The number of isocyanates is 1. The summed E-state index contributed by atoms with van der Waals surface area (Å²) in [5, 5.41) is 16.5. The summed E-state index contributed by atoms with van der Waals surface area (Å²) in [6.45, 7) is 3.44. The molecule has 0 N–H and O–H groups in total. The minimum absolute atomic E-state index is 0.225. The lowest BCUT2D eigenvalue weighted by molar-refractivity contribution is 0.0907. The van der Waals surface area contributed by atoms with Crippen molar-refractivity contribution in [2.75, 3.05) is 13.2 Å². The van der Waals surface area contributed by atoms with Gasteiger partial charge in [-0.2, -0.15) is 10.5 Å². The van der Waals surface area contributed by atoms with Crippen molar-refractivity contribution in [3.8, 4) is 12.5 Å². The predicted molar refractivity (Wildman–Crippen MR) is 111 cm³/mol. The van der Waals surface area contributed by atoms with E-state index in [-0.39, 0.29) is 6.10 Å². The summed E-state index contributed by atoms with van der Waals surface area (Å²) in [4.78, 5) is 13.0. The van der Waals surface area contributed by atoms with Crippen molar-refractivity contribution in [2.45, 2.75) is 96.5 Å². The third kappa shape index (κ3) is 12.9. The molecule has 0 bridgehead atoms. The lowest BCUT2D eigenvalue weighted by Crippen LogP contribution is -2.23. The van der Waals surface area contributed by atoms with Gasteiger partial charge in [-0.3, -0.25) is 0 Å². The molecule has 6 heteroatoms. The molecular weight excluding hydrogens is 366 g/mol. The number of unbranched alkanes of at least 4 members (excludes halogenated alkanes) is 3. The van der Waals surface area contributed by atoms with E-state index >= 15 is 0 Å². The maximum Gasteiger partial charge on any atom is 0.286 e. The number of aliphatic imine (C=N–C) groups is 1. The molecule has 0 unspecified atom stereocenters. The molecule has 0 amide bonds. The number of rotatable bonds is 10. The van der Waals surface area contributed by atoms with Gasteiger partial charge in [0.2, 0.25) is 6.08 Å².